The normalized spacial score (nSPS) is 28.2. The second-order valence-electron chi connectivity index (χ2n) is 4.97. The van der Waals surface area contributed by atoms with Crippen molar-refractivity contribution >= 4 is 0 Å². The van der Waals surface area contributed by atoms with Gasteiger partial charge >= 0.3 is 0 Å². The number of rotatable bonds is 0. The molecule has 74 valence electrons. The summed E-state index contributed by atoms with van der Waals surface area (Å²) in [6, 6.07) is 0. The first-order chi connectivity index (χ1) is 6.33. The van der Waals surface area contributed by atoms with E-state index in [1.807, 2.05) is 0 Å². The molecule has 0 atom stereocenters. The van der Waals surface area contributed by atoms with Crippen LogP contribution < -0.4 is 0 Å². The van der Waals surface area contributed by atoms with Crippen LogP contribution in [0.25, 0.3) is 0 Å². The number of hydrogen-bond acceptors (Lipinski definition) is 0. The largest absolute Gasteiger partial charge is 0.0850 e. The van der Waals surface area contributed by atoms with E-state index in [-0.39, 0.29) is 0 Å². The monoisotopic (exact) mass is 178 g/mol. The molecule has 0 aromatic carbocycles. The molecule has 1 spiro atoms. The van der Waals surface area contributed by atoms with Gasteiger partial charge in [-0.15, -0.1) is 0 Å². The van der Waals surface area contributed by atoms with Gasteiger partial charge in [0.05, 0.1) is 0 Å². The standard InChI is InChI=1S/C13H22/c1-12-8-7-11-13(12)9-5-3-2-4-6-10-13/h8H,2-7,9-11H2,1H3. The average molecular weight is 178 g/mol. The lowest BCUT2D eigenvalue weighted by atomic mass is 9.72. The zero-order valence-electron chi connectivity index (χ0n) is 8.94. The SMILES string of the molecule is CC1=CCCC12CCCCCCC2. The summed E-state index contributed by atoms with van der Waals surface area (Å²) in [7, 11) is 0. The summed E-state index contributed by atoms with van der Waals surface area (Å²) in [5.74, 6) is 0. The fourth-order valence-corrected chi connectivity index (χ4v) is 3.21. The number of hydrogen-bond donors (Lipinski definition) is 0. The van der Waals surface area contributed by atoms with Crippen molar-refractivity contribution in [2.75, 3.05) is 0 Å². The van der Waals surface area contributed by atoms with E-state index in [2.05, 4.69) is 13.0 Å². The molecular formula is C13H22. The maximum Gasteiger partial charge on any atom is -0.00879 e. The minimum atomic E-state index is 0.667. The summed E-state index contributed by atoms with van der Waals surface area (Å²) in [4.78, 5) is 0. The zero-order chi connectivity index (χ0) is 9.15. The van der Waals surface area contributed by atoms with Gasteiger partial charge in [0.15, 0.2) is 0 Å². The Morgan fingerprint density at radius 3 is 2.08 bits per heavy atom. The minimum absolute atomic E-state index is 0.667. The highest BCUT2D eigenvalue weighted by Crippen LogP contribution is 2.47. The van der Waals surface area contributed by atoms with Crippen LogP contribution in [0.1, 0.15) is 64.7 Å². The van der Waals surface area contributed by atoms with Crippen LogP contribution in [0.15, 0.2) is 11.6 Å². The molecule has 0 aromatic rings. The summed E-state index contributed by atoms with van der Waals surface area (Å²) >= 11 is 0. The summed E-state index contributed by atoms with van der Waals surface area (Å²) in [6.07, 6.45) is 15.7. The first kappa shape index (κ1) is 9.30. The molecule has 0 heterocycles. The van der Waals surface area contributed by atoms with E-state index < -0.39 is 0 Å². The zero-order valence-corrected chi connectivity index (χ0v) is 8.94. The molecule has 1 saturated carbocycles. The van der Waals surface area contributed by atoms with E-state index in [4.69, 9.17) is 0 Å². The molecule has 0 unspecified atom stereocenters. The Hall–Kier alpha value is -0.260. The van der Waals surface area contributed by atoms with Gasteiger partial charge in [-0.05, 0) is 38.0 Å². The molecule has 0 nitrogen and oxygen atoms in total. The quantitative estimate of drug-likeness (QED) is 0.480. The molecule has 0 radical (unpaired) electrons. The highest BCUT2D eigenvalue weighted by atomic mass is 14.4. The van der Waals surface area contributed by atoms with Crippen LogP contribution in [0.2, 0.25) is 0 Å². The maximum atomic E-state index is 2.49. The topological polar surface area (TPSA) is 0 Å². The van der Waals surface area contributed by atoms with E-state index in [0.717, 1.165) is 0 Å². The van der Waals surface area contributed by atoms with Gasteiger partial charge in [0, 0.05) is 0 Å². The molecule has 2 aliphatic rings. The van der Waals surface area contributed by atoms with Crippen molar-refractivity contribution in [1.82, 2.24) is 0 Å². The lowest BCUT2D eigenvalue weighted by molar-refractivity contribution is 0.259. The fourth-order valence-electron chi connectivity index (χ4n) is 3.21. The van der Waals surface area contributed by atoms with Crippen molar-refractivity contribution in [3.05, 3.63) is 11.6 Å². The summed E-state index contributed by atoms with van der Waals surface area (Å²) < 4.78 is 0. The summed E-state index contributed by atoms with van der Waals surface area (Å²) in [5.41, 5.74) is 2.38. The molecule has 2 aliphatic carbocycles. The van der Waals surface area contributed by atoms with E-state index in [1.54, 1.807) is 5.57 Å². The first-order valence-corrected chi connectivity index (χ1v) is 6.01. The maximum absolute atomic E-state index is 2.49. The summed E-state index contributed by atoms with van der Waals surface area (Å²) in [6.45, 7) is 2.37. The Labute approximate surface area is 82.4 Å². The minimum Gasteiger partial charge on any atom is -0.0850 e. The van der Waals surface area contributed by atoms with Gasteiger partial charge in [0.25, 0.3) is 0 Å². The van der Waals surface area contributed by atoms with Gasteiger partial charge in [0.1, 0.15) is 0 Å². The van der Waals surface area contributed by atoms with E-state index in [1.165, 1.54) is 57.8 Å². The molecule has 0 heteroatoms. The Balaban J connectivity index is 2.05. The fraction of sp³-hybridized carbons (Fsp3) is 0.846. The van der Waals surface area contributed by atoms with Crippen molar-refractivity contribution in [3.63, 3.8) is 0 Å². The van der Waals surface area contributed by atoms with Gasteiger partial charge in [-0.25, -0.2) is 0 Å². The molecule has 13 heavy (non-hydrogen) atoms. The third-order valence-electron chi connectivity index (χ3n) is 4.22. The predicted molar refractivity (Wildman–Crippen MR) is 57.7 cm³/mol. The molecule has 0 aromatic heterocycles. The van der Waals surface area contributed by atoms with Crippen molar-refractivity contribution in [3.8, 4) is 0 Å². The van der Waals surface area contributed by atoms with E-state index in [0.29, 0.717) is 5.41 Å². The molecule has 0 aliphatic heterocycles. The van der Waals surface area contributed by atoms with E-state index in [9.17, 15) is 0 Å². The molecule has 2 rings (SSSR count). The number of allylic oxidation sites excluding steroid dienone is 2. The molecule has 0 bridgehead atoms. The van der Waals surface area contributed by atoms with Gasteiger partial charge < -0.3 is 0 Å². The van der Waals surface area contributed by atoms with Crippen LogP contribution in [0.4, 0.5) is 0 Å². The molecule has 1 fully saturated rings. The van der Waals surface area contributed by atoms with Crippen LogP contribution in [-0.2, 0) is 0 Å². The molecule has 0 saturated heterocycles. The Morgan fingerprint density at radius 1 is 0.923 bits per heavy atom. The van der Waals surface area contributed by atoms with Crippen molar-refractivity contribution in [2.45, 2.75) is 64.7 Å². The lowest BCUT2D eigenvalue weighted by Gasteiger charge is -2.33. The Bertz CT molecular complexity index is 192. The molecular weight excluding hydrogens is 156 g/mol. The second kappa shape index (κ2) is 3.86. The van der Waals surface area contributed by atoms with Gasteiger partial charge in [-0.1, -0.05) is 43.8 Å². The second-order valence-corrected chi connectivity index (χ2v) is 4.97. The Morgan fingerprint density at radius 2 is 1.54 bits per heavy atom. The van der Waals surface area contributed by atoms with Crippen LogP contribution in [-0.4, -0.2) is 0 Å². The van der Waals surface area contributed by atoms with Crippen molar-refractivity contribution < 1.29 is 0 Å². The predicted octanol–water partition coefficient (Wildman–Crippen LogP) is 4.46. The Kier molecular flexibility index (Phi) is 2.76. The van der Waals surface area contributed by atoms with Crippen molar-refractivity contribution in [1.29, 1.82) is 0 Å². The third kappa shape index (κ3) is 1.82. The van der Waals surface area contributed by atoms with Gasteiger partial charge in [-0.3, -0.25) is 0 Å². The highest BCUT2D eigenvalue weighted by Gasteiger charge is 2.33. The highest BCUT2D eigenvalue weighted by molar-refractivity contribution is 5.18. The smallest absolute Gasteiger partial charge is 0.00879 e. The lowest BCUT2D eigenvalue weighted by Crippen LogP contribution is -2.20. The van der Waals surface area contributed by atoms with Crippen LogP contribution in [0.3, 0.4) is 0 Å². The molecule has 0 amide bonds. The van der Waals surface area contributed by atoms with E-state index >= 15 is 0 Å². The van der Waals surface area contributed by atoms with Crippen LogP contribution in [0.5, 0.6) is 0 Å². The third-order valence-corrected chi connectivity index (χ3v) is 4.22. The average Bonchev–Trinajstić information content (AvgIpc) is 2.42. The van der Waals surface area contributed by atoms with Gasteiger partial charge in [-0.2, -0.15) is 0 Å². The van der Waals surface area contributed by atoms with Crippen LogP contribution >= 0.6 is 0 Å². The first-order valence-electron chi connectivity index (χ1n) is 6.01. The van der Waals surface area contributed by atoms with Gasteiger partial charge in [0.2, 0.25) is 0 Å². The van der Waals surface area contributed by atoms with Crippen molar-refractivity contribution in [2.24, 2.45) is 5.41 Å². The molecule has 0 N–H and O–H groups in total. The summed E-state index contributed by atoms with van der Waals surface area (Å²) in [5, 5.41) is 0. The van der Waals surface area contributed by atoms with Crippen LogP contribution in [0, 0.1) is 5.41 Å².